The summed E-state index contributed by atoms with van der Waals surface area (Å²) in [4.78, 5) is 34.2. The highest BCUT2D eigenvalue weighted by molar-refractivity contribution is 5.96. The van der Waals surface area contributed by atoms with Gasteiger partial charge >= 0.3 is 0 Å². The molecule has 3 N–H and O–H groups in total. The molecule has 0 atom stereocenters. The standard InChI is InChI=1S/C29H31N5O2/c1-19-8-10-22(11-9-19)25(21-6-4-3-5-7-21)23-12-15-33(16-13-23)17-14-24-20(2)32-28-26(27(30)35)31-18-34(28)29(24)36/h3-11,18,32H,12-17H2,1-2H3,(H2,30,35). The van der Waals surface area contributed by atoms with Gasteiger partial charge in [0.2, 0.25) is 0 Å². The van der Waals surface area contributed by atoms with E-state index >= 15 is 0 Å². The molecular weight excluding hydrogens is 450 g/mol. The lowest BCUT2D eigenvalue weighted by atomic mass is 9.88. The lowest BCUT2D eigenvalue weighted by Gasteiger charge is -2.30. The molecule has 5 rings (SSSR count). The molecule has 7 nitrogen and oxygen atoms in total. The second kappa shape index (κ2) is 9.95. The Morgan fingerprint density at radius 1 is 1.00 bits per heavy atom. The first-order chi connectivity index (χ1) is 17.4. The number of rotatable bonds is 6. The molecule has 1 aliphatic heterocycles. The zero-order chi connectivity index (χ0) is 25.2. The molecule has 2 aromatic heterocycles. The van der Waals surface area contributed by atoms with Crippen molar-refractivity contribution in [2.24, 2.45) is 5.73 Å². The van der Waals surface area contributed by atoms with E-state index in [1.165, 1.54) is 38.6 Å². The molecule has 7 heteroatoms. The van der Waals surface area contributed by atoms with Gasteiger partial charge in [-0.05, 0) is 49.8 Å². The number of aromatic nitrogens is 3. The van der Waals surface area contributed by atoms with Gasteiger partial charge in [-0.25, -0.2) is 4.98 Å². The van der Waals surface area contributed by atoms with Gasteiger partial charge in [-0.2, -0.15) is 0 Å². The normalized spacial score (nSPS) is 14.3. The molecule has 0 spiro atoms. The maximum absolute atomic E-state index is 13.1. The molecule has 0 saturated carbocycles. The molecule has 0 unspecified atom stereocenters. The zero-order valence-electron chi connectivity index (χ0n) is 20.8. The number of primary amides is 1. The minimum absolute atomic E-state index is 0.0832. The number of carbonyl (C=O) groups excluding carboxylic acids is 1. The number of nitrogens with one attached hydrogen (secondary N) is 1. The molecule has 0 radical (unpaired) electrons. The van der Waals surface area contributed by atoms with E-state index < -0.39 is 5.91 Å². The fraction of sp³-hybridized carbons (Fsp3) is 0.276. The molecule has 1 amide bonds. The highest BCUT2D eigenvalue weighted by Gasteiger charge is 2.21. The largest absolute Gasteiger partial charge is 0.364 e. The van der Waals surface area contributed by atoms with E-state index in [0.717, 1.165) is 38.2 Å². The molecule has 3 heterocycles. The van der Waals surface area contributed by atoms with E-state index in [-0.39, 0.29) is 11.3 Å². The summed E-state index contributed by atoms with van der Waals surface area (Å²) in [6, 6.07) is 19.5. The number of piperidine rings is 1. The molecule has 2 aromatic carbocycles. The first kappa shape index (κ1) is 23.8. The number of aryl methyl sites for hydroxylation is 2. The minimum Gasteiger partial charge on any atom is -0.364 e. The summed E-state index contributed by atoms with van der Waals surface area (Å²) in [5.41, 5.74) is 13.7. The number of benzene rings is 2. The zero-order valence-corrected chi connectivity index (χ0v) is 20.8. The summed E-state index contributed by atoms with van der Waals surface area (Å²) < 4.78 is 1.38. The molecule has 0 bridgehead atoms. The van der Waals surface area contributed by atoms with E-state index in [1.54, 1.807) is 0 Å². The van der Waals surface area contributed by atoms with Crippen molar-refractivity contribution in [2.45, 2.75) is 33.1 Å². The van der Waals surface area contributed by atoms with E-state index in [2.05, 4.69) is 76.4 Å². The predicted octanol–water partition coefficient (Wildman–Crippen LogP) is 3.88. The Morgan fingerprint density at radius 3 is 2.33 bits per heavy atom. The third-order valence-electron chi connectivity index (χ3n) is 7.13. The smallest absolute Gasteiger partial charge is 0.271 e. The van der Waals surface area contributed by atoms with Crippen LogP contribution in [0, 0.1) is 13.8 Å². The van der Waals surface area contributed by atoms with Gasteiger partial charge in [-0.15, -0.1) is 0 Å². The van der Waals surface area contributed by atoms with Gasteiger partial charge in [0.15, 0.2) is 11.3 Å². The predicted molar refractivity (Wildman–Crippen MR) is 142 cm³/mol. The Balaban J connectivity index is 1.34. The Labute approximate surface area is 210 Å². The number of imidazole rings is 1. The summed E-state index contributed by atoms with van der Waals surface area (Å²) >= 11 is 0. The minimum atomic E-state index is -0.655. The number of hydrogen-bond acceptors (Lipinski definition) is 4. The lowest BCUT2D eigenvalue weighted by Crippen LogP contribution is -2.34. The average molecular weight is 482 g/mol. The molecule has 4 aromatic rings. The molecule has 1 aliphatic rings. The van der Waals surface area contributed by atoms with Crippen LogP contribution in [-0.2, 0) is 6.42 Å². The molecule has 0 aliphatic carbocycles. The van der Waals surface area contributed by atoms with Crippen LogP contribution in [0.15, 0.2) is 71.3 Å². The number of likely N-dealkylation sites (tertiary alicyclic amines) is 1. The second-order valence-corrected chi connectivity index (χ2v) is 9.51. The average Bonchev–Trinajstić information content (AvgIpc) is 3.31. The van der Waals surface area contributed by atoms with Crippen molar-refractivity contribution in [3.05, 3.63) is 110 Å². The number of H-pyrrole nitrogens is 1. The van der Waals surface area contributed by atoms with Crippen LogP contribution in [-0.4, -0.2) is 44.8 Å². The van der Waals surface area contributed by atoms with Crippen molar-refractivity contribution in [3.63, 3.8) is 0 Å². The number of amides is 1. The Kier molecular flexibility index (Phi) is 6.57. The van der Waals surface area contributed by atoms with Crippen molar-refractivity contribution < 1.29 is 4.79 Å². The molecular formula is C29H31N5O2. The number of hydrogen-bond donors (Lipinski definition) is 2. The summed E-state index contributed by atoms with van der Waals surface area (Å²) in [5, 5.41) is 0. The Hall–Kier alpha value is -3.97. The summed E-state index contributed by atoms with van der Waals surface area (Å²) in [5.74, 6) is -0.655. The van der Waals surface area contributed by atoms with Crippen LogP contribution in [0.3, 0.4) is 0 Å². The van der Waals surface area contributed by atoms with Gasteiger partial charge in [0.05, 0.1) is 0 Å². The Bertz CT molecular complexity index is 1490. The van der Waals surface area contributed by atoms with Crippen LogP contribution in [0.2, 0.25) is 0 Å². The van der Waals surface area contributed by atoms with Crippen molar-refractivity contribution in [2.75, 3.05) is 19.6 Å². The van der Waals surface area contributed by atoms with Crippen molar-refractivity contribution >= 4 is 17.1 Å². The maximum Gasteiger partial charge on any atom is 0.271 e. The van der Waals surface area contributed by atoms with Gasteiger partial charge in [0.1, 0.15) is 6.33 Å². The number of nitrogens with two attached hydrogens (primary N) is 1. The van der Waals surface area contributed by atoms with Crippen LogP contribution in [0.4, 0.5) is 0 Å². The quantitative estimate of drug-likeness (QED) is 0.437. The molecule has 184 valence electrons. The van der Waals surface area contributed by atoms with Gasteiger partial charge in [-0.3, -0.25) is 14.0 Å². The van der Waals surface area contributed by atoms with Crippen molar-refractivity contribution in [3.8, 4) is 0 Å². The molecule has 1 saturated heterocycles. The van der Waals surface area contributed by atoms with Crippen molar-refractivity contribution in [1.29, 1.82) is 0 Å². The highest BCUT2D eigenvalue weighted by atomic mass is 16.1. The fourth-order valence-corrected chi connectivity index (χ4v) is 5.12. The van der Waals surface area contributed by atoms with Crippen LogP contribution in [0.25, 0.3) is 11.2 Å². The number of nitrogens with zero attached hydrogens (tertiary/aromatic N) is 3. The van der Waals surface area contributed by atoms with Crippen LogP contribution in [0.5, 0.6) is 0 Å². The van der Waals surface area contributed by atoms with Gasteiger partial charge in [0, 0.05) is 30.9 Å². The second-order valence-electron chi connectivity index (χ2n) is 9.51. The van der Waals surface area contributed by atoms with Gasteiger partial charge < -0.3 is 15.6 Å². The number of fused-ring (bicyclic) bond motifs is 1. The van der Waals surface area contributed by atoms with E-state index in [4.69, 9.17) is 5.73 Å². The highest BCUT2D eigenvalue weighted by Crippen LogP contribution is 2.32. The van der Waals surface area contributed by atoms with Crippen molar-refractivity contribution in [1.82, 2.24) is 19.3 Å². The number of carbonyl (C=O) groups is 1. The summed E-state index contributed by atoms with van der Waals surface area (Å²) in [7, 11) is 0. The van der Waals surface area contributed by atoms with E-state index in [1.807, 2.05) is 6.92 Å². The van der Waals surface area contributed by atoms with Gasteiger partial charge in [0.25, 0.3) is 11.5 Å². The topological polar surface area (TPSA) is 96.5 Å². The monoisotopic (exact) mass is 481 g/mol. The maximum atomic E-state index is 13.1. The van der Waals surface area contributed by atoms with E-state index in [9.17, 15) is 9.59 Å². The fourth-order valence-electron chi connectivity index (χ4n) is 5.12. The number of aromatic amines is 1. The first-order valence-corrected chi connectivity index (χ1v) is 12.4. The van der Waals surface area contributed by atoms with Crippen LogP contribution < -0.4 is 11.3 Å². The first-order valence-electron chi connectivity index (χ1n) is 12.4. The van der Waals surface area contributed by atoms with Crippen LogP contribution >= 0.6 is 0 Å². The Morgan fingerprint density at radius 2 is 1.67 bits per heavy atom. The SMILES string of the molecule is Cc1ccc(C(=C2CCN(CCc3c(C)[nH]c4c(C(N)=O)ncn4c3=O)CC2)c2ccccc2)cc1. The summed E-state index contributed by atoms with van der Waals surface area (Å²) in [6.45, 7) is 6.68. The van der Waals surface area contributed by atoms with Gasteiger partial charge in [-0.1, -0.05) is 65.7 Å². The molecule has 36 heavy (non-hydrogen) atoms. The molecule has 1 fully saturated rings. The summed E-state index contributed by atoms with van der Waals surface area (Å²) in [6.07, 6.45) is 3.99. The third kappa shape index (κ3) is 4.62. The third-order valence-corrected chi connectivity index (χ3v) is 7.13. The lowest BCUT2D eigenvalue weighted by molar-refractivity contribution is 0.0997. The van der Waals surface area contributed by atoms with Crippen LogP contribution in [0.1, 0.15) is 51.3 Å². The van der Waals surface area contributed by atoms with E-state index in [0.29, 0.717) is 17.6 Å².